The van der Waals surface area contributed by atoms with Gasteiger partial charge in [-0.2, -0.15) is 18.2 Å². The van der Waals surface area contributed by atoms with Crippen molar-refractivity contribution >= 4 is 27.5 Å². The van der Waals surface area contributed by atoms with Gasteiger partial charge in [-0.3, -0.25) is 0 Å². The second-order valence-corrected chi connectivity index (χ2v) is 8.00. The summed E-state index contributed by atoms with van der Waals surface area (Å²) in [5.74, 6) is 0.494. The molecule has 0 aliphatic rings. The molecule has 0 atom stereocenters. The number of methoxy groups -OCH3 is 1. The smallest absolute Gasteiger partial charge is 0.390 e. The van der Waals surface area contributed by atoms with Crippen LogP contribution in [-0.4, -0.2) is 50.5 Å². The number of halogens is 3. The fourth-order valence-electron chi connectivity index (χ4n) is 2.24. The second-order valence-electron chi connectivity index (χ2n) is 6.08. The van der Waals surface area contributed by atoms with E-state index in [1.807, 2.05) is 12.1 Å². The standard InChI is InChI=1S/C17H22F3N5O3S/c1-12-11-15(24-13-3-5-14(28-2)6-4-13)25-16(23-12)21-8-9-22-29(26,27)10-7-17(18,19)20/h3-6,11,22H,7-10H2,1-2H3,(H2,21,23,24,25). The van der Waals surface area contributed by atoms with Crippen molar-refractivity contribution in [1.29, 1.82) is 0 Å². The maximum absolute atomic E-state index is 12.1. The summed E-state index contributed by atoms with van der Waals surface area (Å²) in [4.78, 5) is 8.48. The van der Waals surface area contributed by atoms with E-state index in [2.05, 4.69) is 25.3 Å². The molecule has 0 amide bonds. The minimum Gasteiger partial charge on any atom is -0.497 e. The monoisotopic (exact) mass is 433 g/mol. The van der Waals surface area contributed by atoms with Crippen LogP contribution in [0, 0.1) is 6.92 Å². The molecule has 0 bridgehead atoms. The van der Waals surface area contributed by atoms with Crippen molar-refractivity contribution in [2.24, 2.45) is 0 Å². The molecule has 29 heavy (non-hydrogen) atoms. The van der Waals surface area contributed by atoms with Gasteiger partial charge in [-0.25, -0.2) is 18.1 Å². The van der Waals surface area contributed by atoms with Gasteiger partial charge in [-0.1, -0.05) is 0 Å². The molecule has 0 aliphatic heterocycles. The first-order valence-corrected chi connectivity index (χ1v) is 10.3. The number of aryl methyl sites for hydroxylation is 1. The maximum atomic E-state index is 12.1. The van der Waals surface area contributed by atoms with E-state index in [1.165, 1.54) is 0 Å². The topological polar surface area (TPSA) is 105 Å². The second kappa shape index (κ2) is 9.74. The molecule has 1 aromatic carbocycles. The largest absolute Gasteiger partial charge is 0.497 e. The molecule has 2 aromatic rings. The van der Waals surface area contributed by atoms with Crippen LogP contribution in [0.4, 0.5) is 30.6 Å². The molecular formula is C17H22F3N5O3S. The van der Waals surface area contributed by atoms with Crippen LogP contribution < -0.4 is 20.1 Å². The third-order valence-corrected chi connectivity index (χ3v) is 4.99. The van der Waals surface area contributed by atoms with Crippen molar-refractivity contribution in [3.8, 4) is 5.75 Å². The quantitative estimate of drug-likeness (QED) is 0.495. The first-order valence-electron chi connectivity index (χ1n) is 8.61. The molecule has 0 fully saturated rings. The van der Waals surface area contributed by atoms with Gasteiger partial charge < -0.3 is 15.4 Å². The summed E-state index contributed by atoms with van der Waals surface area (Å²) >= 11 is 0. The van der Waals surface area contributed by atoms with E-state index in [-0.39, 0.29) is 19.0 Å². The number of anilines is 3. The van der Waals surface area contributed by atoms with E-state index >= 15 is 0 Å². The van der Waals surface area contributed by atoms with E-state index in [0.717, 1.165) is 11.4 Å². The highest BCUT2D eigenvalue weighted by atomic mass is 32.2. The van der Waals surface area contributed by atoms with Crippen LogP contribution in [0.15, 0.2) is 30.3 Å². The van der Waals surface area contributed by atoms with E-state index in [1.54, 1.807) is 32.2 Å². The Morgan fingerprint density at radius 2 is 1.79 bits per heavy atom. The molecule has 1 heterocycles. The zero-order valence-electron chi connectivity index (χ0n) is 15.9. The zero-order valence-corrected chi connectivity index (χ0v) is 16.7. The van der Waals surface area contributed by atoms with Crippen LogP contribution in [-0.2, 0) is 10.0 Å². The Kier molecular flexibility index (Phi) is 7.62. The Hall–Kier alpha value is -2.60. The number of alkyl halides is 3. The highest BCUT2D eigenvalue weighted by Crippen LogP contribution is 2.20. The lowest BCUT2D eigenvalue weighted by Crippen LogP contribution is -2.32. The van der Waals surface area contributed by atoms with Crippen molar-refractivity contribution in [3.63, 3.8) is 0 Å². The third-order valence-electron chi connectivity index (χ3n) is 3.60. The lowest BCUT2D eigenvalue weighted by atomic mass is 10.3. The molecule has 8 nitrogen and oxygen atoms in total. The predicted octanol–water partition coefficient (Wildman–Crippen LogP) is 2.82. The van der Waals surface area contributed by atoms with Crippen molar-refractivity contribution < 1.29 is 26.3 Å². The predicted molar refractivity (Wildman–Crippen MR) is 104 cm³/mol. The van der Waals surface area contributed by atoms with Gasteiger partial charge in [0.25, 0.3) is 0 Å². The third kappa shape index (κ3) is 8.52. The van der Waals surface area contributed by atoms with Crippen LogP contribution in [0.3, 0.4) is 0 Å². The molecule has 0 unspecified atom stereocenters. The van der Waals surface area contributed by atoms with Crippen molar-refractivity contribution in [2.75, 3.05) is 36.6 Å². The zero-order chi connectivity index (χ0) is 21.5. The molecule has 2 rings (SSSR count). The molecule has 160 valence electrons. The summed E-state index contributed by atoms with van der Waals surface area (Å²) in [6.45, 7) is 1.78. The lowest BCUT2D eigenvalue weighted by Gasteiger charge is -2.11. The fourth-order valence-corrected chi connectivity index (χ4v) is 3.29. The summed E-state index contributed by atoms with van der Waals surface area (Å²) in [7, 11) is -2.43. The highest BCUT2D eigenvalue weighted by Gasteiger charge is 2.29. The normalized spacial score (nSPS) is 11.9. The minimum atomic E-state index is -4.52. The van der Waals surface area contributed by atoms with Crippen LogP contribution in [0.25, 0.3) is 0 Å². The summed E-state index contributed by atoms with van der Waals surface area (Å²) in [5.41, 5.74) is 1.46. The number of rotatable bonds is 10. The molecule has 1 aromatic heterocycles. The fraction of sp³-hybridized carbons (Fsp3) is 0.412. The first kappa shape index (κ1) is 22.7. The minimum absolute atomic E-state index is 0.0985. The van der Waals surface area contributed by atoms with Crippen molar-refractivity contribution in [3.05, 3.63) is 36.0 Å². The Morgan fingerprint density at radius 1 is 1.10 bits per heavy atom. The van der Waals surface area contributed by atoms with Crippen LogP contribution in [0.1, 0.15) is 12.1 Å². The number of sulfonamides is 1. The summed E-state index contributed by atoms with van der Waals surface area (Å²) < 4.78 is 66.7. The molecule has 0 saturated carbocycles. The molecule has 3 N–H and O–H groups in total. The van der Waals surface area contributed by atoms with Gasteiger partial charge in [0.1, 0.15) is 11.6 Å². The van der Waals surface area contributed by atoms with Gasteiger partial charge in [0.2, 0.25) is 16.0 Å². The van der Waals surface area contributed by atoms with Gasteiger partial charge in [0, 0.05) is 30.5 Å². The van der Waals surface area contributed by atoms with Crippen molar-refractivity contribution in [2.45, 2.75) is 19.5 Å². The Balaban J connectivity index is 1.88. The Bertz CT molecular complexity index is 906. The first-order chi connectivity index (χ1) is 13.6. The summed E-state index contributed by atoms with van der Waals surface area (Å²) in [5, 5.41) is 5.96. The Morgan fingerprint density at radius 3 is 2.41 bits per heavy atom. The van der Waals surface area contributed by atoms with E-state index in [9.17, 15) is 21.6 Å². The molecular weight excluding hydrogens is 411 g/mol. The van der Waals surface area contributed by atoms with E-state index in [0.29, 0.717) is 11.5 Å². The molecule has 0 spiro atoms. The van der Waals surface area contributed by atoms with Gasteiger partial charge in [-0.15, -0.1) is 0 Å². The van der Waals surface area contributed by atoms with Gasteiger partial charge in [0.05, 0.1) is 19.3 Å². The molecule has 0 aliphatic carbocycles. The number of aromatic nitrogens is 2. The van der Waals surface area contributed by atoms with Gasteiger partial charge in [-0.05, 0) is 31.2 Å². The van der Waals surface area contributed by atoms with Gasteiger partial charge >= 0.3 is 6.18 Å². The molecule has 0 saturated heterocycles. The van der Waals surface area contributed by atoms with Crippen LogP contribution >= 0.6 is 0 Å². The maximum Gasteiger partial charge on any atom is 0.390 e. The van der Waals surface area contributed by atoms with E-state index in [4.69, 9.17) is 4.74 Å². The number of nitrogens with zero attached hydrogens (tertiary/aromatic N) is 2. The highest BCUT2D eigenvalue weighted by molar-refractivity contribution is 7.89. The average molecular weight is 433 g/mol. The molecule has 0 radical (unpaired) electrons. The lowest BCUT2D eigenvalue weighted by molar-refractivity contribution is -0.129. The molecule has 12 heteroatoms. The number of nitrogens with one attached hydrogen (secondary N) is 3. The number of benzene rings is 1. The number of hydrogen-bond acceptors (Lipinski definition) is 7. The summed E-state index contributed by atoms with van der Waals surface area (Å²) in [6.07, 6.45) is -5.91. The number of ether oxygens (including phenoxy) is 1. The SMILES string of the molecule is COc1ccc(Nc2cc(C)nc(NCCNS(=O)(=O)CCC(F)(F)F)n2)cc1. The van der Waals surface area contributed by atoms with Gasteiger partial charge in [0.15, 0.2) is 0 Å². The number of hydrogen-bond donors (Lipinski definition) is 3. The average Bonchev–Trinajstić information content (AvgIpc) is 2.63. The van der Waals surface area contributed by atoms with Crippen molar-refractivity contribution in [1.82, 2.24) is 14.7 Å². The van der Waals surface area contributed by atoms with Crippen LogP contribution in [0.5, 0.6) is 5.75 Å². The van der Waals surface area contributed by atoms with Crippen LogP contribution in [0.2, 0.25) is 0 Å². The Labute approximate surface area is 167 Å². The van der Waals surface area contributed by atoms with E-state index < -0.39 is 28.4 Å². The summed E-state index contributed by atoms with van der Waals surface area (Å²) in [6, 6.07) is 8.95.